The zero-order chi connectivity index (χ0) is 17.3. The van der Waals surface area contributed by atoms with E-state index in [2.05, 4.69) is 0 Å². The van der Waals surface area contributed by atoms with Crippen LogP contribution in [0.15, 0.2) is 59.7 Å². The SMILES string of the molecule is COc1ccc(C2=C(C)C(C)=C(c3ccc(OC)cc3)C2=O)cc1. The number of carbonyl (C=O) groups is 1. The molecule has 0 radical (unpaired) electrons. The van der Waals surface area contributed by atoms with Crippen molar-refractivity contribution in [3.05, 3.63) is 70.8 Å². The molecule has 0 saturated carbocycles. The van der Waals surface area contributed by atoms with Gasteiger partial charge in [0, 0.05) is 11.1 Å². The maximum atomic E-state index is 13.1. The van der Waals surface area contributed by atoms with Crippen LogP contribution in [0.4, 0.5) is 0 Å². The molecule has 24 heavy (non-hydrogen) atoms. The van der Waals surface area contributed by atoms with Crippen molar-refractivity contribution in [3.63, 3.8) is 0 Å². The average molecular weight is 320 g/mol. The van der Waals surface area contributed by atoms with E-state index < -0.39 is 0 Å². The Labute approximate surface area is 142 Å². The molecule has 2 aromatic carbocycles. The summed E-state index contributed by atoms with van der Waals surface area (Å²) < 4.78 is 10.4. The largest absolute Gasteiger partial charge is 0.497 e. The first-order valence-corrected chi connectivity index (χ1v) is 7.82. The van der Waals surface area contributed by atoms with Crippen LogP contribution in [0.25, 0.3) is 11.1 Å². The summed E-state index contributed by atoms with van der Waals surface area (Å²) in [5.74, 6) is 1.63. The fraction of sp³-hybridized carbons (Fsp3) is 0.190. The summed E-state index contributed by atoms with van der Waals surface area (Å²) >= 11 is 0. The molecule has 0 spiro atoms. The van der Waals surface area contributed by atoms with Crippen LogP contribution in [0.5, 0.6) is 11.5 Å². The van der Waals surface area contributed by atoms with Gasteiger partial charge in [-0.2, -0.15) is 0 Å². The first-order chi connectivity index (χ1) is 11.6. The van der Waals surface area contributed by atoms with Crippen LogP contribution in [-0.4, -0.2) is 20.0 Å². The highest BCUT2D eigenvalue weighted by molar-refractivity contribution is 6.46. The summed E-state index contributed by atoms with van der Waals surface area (Å²) in [4.78, 5) is 13.1. The minimum Gasteiger partial charge on any atom is -0.497 e. The highest BCUT2D eigenvalue weighted by atomic mass is 16.5. The van der Waals surface area contributed by atoms with Crippen molar-refractivity contribution >= 4 is 16.9 Å². The van der Waals surface area contributed by atoms with Crippen LogP contribution < -0.4 is 9.47 Å². The molecule has 0 aromatic heterocycles. The van der Waals surface area contributed by atoms with E-state index in [-0.39, 0.29) is 5.78 Å². The third-order valence-corrected chi connectivity index (χ3v) is 4.52. The van der Waals surface area contributed by atoms with E-state index in [9.17, 15) is 4.79 Å². The molecule has 0 fully saturated rings. The number of allylic oxidation sites excluding steroid dienone is 4. The normalized spacial score (nSPS) is 14.4. The van der Waals surface area contributed by atoms with Crippen LogP contribution >= 0.6 is 0 Å². The van der Waals surface area contributed by atoms with Crippen molar-refractivity contribution in [2.75, 3.05) is 14.2 Å². The molecule has 1 aliphatic rings. The number of hydrogen-bond donors (Lipinski definition) is 0. The van der Waals surface area contributed by atoms with Gasteiger partial charge in [-0.15, -0.1) is 0 Å². The van der Waals surface area contributed by atoms with E-state index in [1.54, 1.807) is 14.2 Å². The summed E-state index contributed by atoms with van der Waals surface area (Å²) in [5.41, 5.74) is 5.41. The van der Waals surface area contributed by atoms with E-state index in [4.69, 9.17) is 9.47 Å². The molecule has 0 aliphatic heterocycles. The molecule has 1 aliphatic carbocycles. The van der Waals surface area contributed by atoms with Gasteiger partial charge >= 0.3 is 0 Å². The lowest BCUT2D eigenvalue weighted by molar-refractivity contribution is -0.108. The van der Waals surface area contributed by atoms with Crippen molar-refractivity contribution in [2.24, 2.45) is 0 Å². The van der Waals surface area contributed by atoms with Crippen LogP contribution in [0.1, 0.15) is 25.0 Å². The van der Waals surface area contributed by atoms with Gasteiger partial charge in [0.15, 0.2) is 5.78 Å². The lowest BCUT2D eigenvalue weighted by Crippen LogP contribution is -2.02. The molecule has 0 bridgehead atoms. The Morgan fingerprint density at radius 3 is 1.25 bits per heavy atom. The van der Waals surface area contributed by atoms with Gasteiger partial charge in [0.25, 0.3) is 0 Å². The van der Waals surface area contributed by atoms with Gasteiger partial charge in [0.05, 0.1) is 14.2 Å². The molecule has 2 aromatic rings. The molecule has 3 heteroatoms. The van der Waals surface area contributed by atoms with Gasteiger partial charge in [0.2, 0.25) is 0 Å². The zero-order valence-electron chi connectivity index (χ0n) is 14.3. The number of benzene rings is 2. The van der Waals surface area contributed by atoms with Crippen molar-refractivity contribution in [1.82, 2.24) is 0 Å². The van der Waals surface area contributed by atoms with Gasteiger partial charge in [-0.25, -0.2) is 0 Å². The first-order valence-electron chi connectivity index (χ1n) is 7.82. The second-order valence-corrected chi connectivity index (χ2v) is 5.79. The van der Waals surface area contributed by atoms with Crippen LogP contribution in [0, 0.1) is 0 Å². The fourth-order valence-corrected chi connectivity index (χ4v) is 3.05. The van der Waals surface area contributed by atoms with Gasteiger partial charge < -0.3 is 9.47 Å². The van der Waals surface area contributed by atoms with E-state index >= 15 is 0 Å². The molecule has 0 saturated heterocycles. The van der Waals surface area contributed by atoms with E-state index in [0.717, 1.165) is 44.9 Å². The quantitative estimate of drug-likeness (QED) is 0.830. The summed E-state index contributed by atoms with van der Waals surface area (Å²) in [6.45, 7) is 4.01. The maximum Gasteiger partial charge on any atom is 0.194 e. The Morgan fingerprint density at radius 2 is 0.958 bits per heavy atom. The summed E-state index contributed by atoms with van der Waals surface area (Å²) in [6, 6.07) is 15.2. The summed E-state index contributed by atoms with van der Waals surface area (Å²) in [7, 11) is 3.27. The first kappa shape index (κ1) is 16.1. The molecular weight excluding hydrogens is 300 g/mol. The summed E-state index contributed by atoms with van der Waals surface area (Å²) in [6.07, 6.45) is 0. The smallest absolute Gasteiger partial charge is 0.194 e. The van der Waals surface area contributed by atoms with Crippen molar-refractivity contribution in [2.45, 2.75) is 13.8 Å². The minimum absolute atomic E-state index is 0.0698. The summed E-state index contributed by atoms with van der Waals surface area (Å²) in [5, 5.41) is 0. The highest BCUT2D eigenvalue weighted by Gasteiger charge is 2.29. The maximum absolute atomic E-state index is 13.1. The van der Waals surface area contributed by atoms with E-state index in [1.807, 2.05) is 62.4 Å². The van der Waals surface area contributed by atoms with Crippen LogP contribution in [-0.2, 0) is 4.79 Å². The Bertz CT molecular complexity index is 766. The molecule has 0 atom stereocenters. The van der Waals surface area contributed by atoms with Gasteiger partial charge in [-0.05, 0) is 60.4 Å². The number of Topliss-reactive ketones (excluding diaryl/α,β-unsaturated/α-hetero) is 1. The second kappa shape index (κ2) is 6.36. The Kier molecular flexibility index (Phi) is 4.26. The zero-order valence-corrected chi connectivity index (χ0v) is 14.3. The van der Waals surface area contributed by atoms with Crippen molar-refractivity contribution < 1.29 is 14.3 Å². The highest BCUT2D eigenvalue weighted by Crippen LogP contribution is 2.40. The Morgan fingerprint density at radius 1 is 0.625 bits per heavy atom. The standard InChI is InChI=1S/C21H20O3/c1-13-14(2)20(16-7-11-18(24-4)12-8-16)21(22)19(13)15-5-9-17(23-3)10-6-15/h5-12H,1-4H3. The van der Waals surface area contributed by atoms with E-state index in [0.29, 0.717) is 0 Å². The molecular formula is C21H20O3. The molecule has 0 N–H and O–H groups in total. The third-order valence-electron chi connectivity index (χ3n) is 4.52. The predicted molar refractivity (Wildman–Crippen MR) is 96.2 cm³/mol. The van der Waals surface area contributed by atoms with Crippen molar-refractivity contribution in [1.29, 1.82) is 0 Å². The van der Waals surface area contributed by atoms with E-state index in [1.165, 1.54) is 0 Å². The average Bonchev–Trinajstić information content (AvgIpc) is 2.84. The number of ketones is 1. The van der Waals surface area contributed by atoms with Gasteiger partial charge in [0.1, 0.15) is 11.5 Å². The lowest BCUT2D eigenvalue weighted by Gasteiger charge is -2.08. The molecule has 0 amide bonds. The number of methoxy groups -OCH3 is 2. The Hall–Kier alpha value is -2.81. The minimum atomic E-state index is 0.0698. The number of ether oxygens (including phenoxy) is 2. The molecule has 122 valence electrons. The monoisotopic (exact) mass is 320 g/mol. The lowest BCUT2D eigenvalue weighted by atomic mass is 9.96. The Balaban J connectivity index is 1.99. The molecule has 0 unspecified atom stereocenters. The molecule has 3 nitrogen and oxygen atoms in total. The number of carbonyl (C=O) groups excluding carboxylic acids is 1. The number of rotatable bonds is 4. The van der Waals surface area contributed by atoms with Crippen molar-refractivity contribution in [3.8, 4) is 11.5 Å². The molecule has 3 rings (SSSR count). The third kappa shape index (κ3) is 2.62. The van der Waals surface area contributed by atoms with Crippen LogP contribution in [0.3, 0.4) is 0 Å². The van der Waals surface area contributed by atoms with Gasteiger partial charge in [-0.3, -0.25) is 4.79 Å². The van der Waals surface area contributed by atoms with Gasteiger partial charge in [-0.1, -0.05) is 24.3 Å². The molecule has 0 heterocycles. The fourth-order valence-electron chi connectivity index (χ4n) is 3.05. The van der Waals surface area contributed by atoms with Crippen LogP contribution in [0.2, 0.25) is 0 Å². The topological polar surface area (TPSA) is 35.5 Å². The number of hydrogen-bond acceptors (Lipinski definition) is 3. The second-order valence-electron chi connectivity index (χ2n) is 5.79. The predicted octanol–water partition coefficient (Wildman–Crippen LogP) is 4.53.